The van der Waals surface area contributed by atoms with Crippen LogP contribution in [0.1, 0.15) is 105 Å². The van der Waals surface area contributed by atoms with Crippen molar-refractivity contribution in [1.29, 1.82) is 0 Å². The van der Waals surface area contributed by atoms with E-state index in [4.69, 9.17) is 13.9 Å². The maximum absolute atomic E-state index is 14.1. The average molecular weight is 590 g/mol. The first kappa shape index (κ1) is 33.0. The Morgan fingerprint density at radius 1 is 0.975 bits per heavy atom. The molecule has 3 aliphatic heterocycles. The lowest BCUT2D eigenvalue weighted by Crippen LogP contribution is -2.61. The number of nitrogens with one attached hydrogen (secondary N) is 1. The summed E-state index contributed by atoms with van der Waals surface area (Å²) in [5, 5.41) is 0.302. The molecule has 0 aromatic rings. The van der Waals surface area contributed by atoms with E-state index in [2.05, 4.69) is 26.3 Å². The summed E-state index contributed by atoms with van der Waals surface area (Å²) in [5.41, 5.74) is 2.53. The standard InChI is InChI=1S/C28H52N4O7S/c1-5-9-17-32(18-10-6-2,19-11-7-3)26(12-8-4)40(35,36)39-31-23-13-14-25(30(22-23)28(31)34)27(33)29-38-24-15-20-37-21-16-24/h23-26H,5-22H2,1-4H3/p+1/t23-,25+,26?/m1/s1. The molecule has 3 rings (SSSR count). The lowest BCUT2D eigenvalue weighted by molar-refractivity contribution is -0.939. The Morgan fingerprint density at radius 3 is 2.12 bits per heavy atom. The molecule has 40 heavy (non-hydrogen) atoms. The van der Waals surface area contributed by atoms with Gasteiger partial charge in [-0.3, -0.25) is 9.63 Å². The first-order valence-corrected chi connectivity index (χ1v) is 17.1. The van der Waals surface area contributed by atoms with Gasteiger partial charge in [-0.2, -0.15) is 13.5 Å². The van der Waals surface area contributed by atoms with Crippen molar-refractivity contribution in [3.05, 3.63) is 0 Å². The fraction of sp³-hybridized carbons (Fsp3) is 0.929. The van der Waals surface area contributed by atoms with E-state index in [1.807, 2.05) is 6.92 Å². The number of ether oxygens (including phenoxy) is 1. The SMILES string of the molecule is CCCC[N+](CCCC)(CCCC)C(CCC)S(=O)(=O)ON1C(=O)N2C[C@H]1CC[C@H]2C(=O)NOC1CCOCC1. The Labute approximate surface area is 241 Å². The number of amides is 3. The van der Waals surface area contributed by atoms with Gasteiger partial charge < -0.3 is 14.1 Å². The van der Waals surface area contributed by atoms with Crippen molar-refractivity contribution in [2.45, 2.75) is 128 Å². The topological polar surface area (TPSA) is 114 Å². The summed E-state index contributed by atoms with van der Waals surface area (Å²) in [6.07, 6.45) is 9.14. The van der Waals surface area contributed by atoms with Crippen molar-refractivity contribution in [2.24, 2.45) is 0 Å². The predicted octanol–water partition coefficient (Wildman–Crippen LogP) is 4.09. The van der Waals surface area contributed by atoms with Crippen LogP contribution in [0.4, 0.5) is 4.79 Å². The van der Waals surface area contributed by atoms with Crippen molar-refractivity contribution in [2.75, 3.05) is 39.4 Å². The maximum atomic E-state index is 14.1. The molecule has 0 aliphatic carbocycles. The third-order valence-corrected chi connectivity index (χ3v) is 10.4. The summed E-state index contributed by atoms with van der Waals surface area (Å²) in [5.74, 6) is -0.388. The molecule has 3 saturated heterocycles. The zero-order valence-electron chi connectivity index (χ0n) is 25.1. The minimum absolute atomic E-state index is 0.115. The van der Waals surface area contributed by atoms with Crippen molar-refractivity contribution in [3.8, 4) is 0 Å². The Bertz CT molecular complexity index is 891. The third kappa shape index (κ3) is 8.08. The Morgan fingerprint density at radius 2 is 1.57 bits per heavy atom. The molecule has 0 radical (unpaired) electrons. The van der Waals surface area contributed by atoms with Gasteiger partial charge in [-0.1, -0.05) is 47.0 Å². The molecule has 232 valence electrons. The maximum Gasteiger partial charge on any atom is 0.346 e. The van der Waals surface area contributed by atoms with E-state index in [1.54, 1.807) is 0 Å². The van der Waals surface area contributed by atoms with E-state index in [-0.39, 0.29) is 18.6 Å². The lowest BCUT2D eigenvalue weighted by Gasteiger charge is -2.44. The number of urea groups is 1. The van der Waals surface area contributed by atoms with Gasteiger partial charge in [0.15, 0.2) is 0 Å². The van der Waals surface area contributed by atoms with Gasteiger partial charge in [0.1, 0.15) is 6.04 Å². The highest BCUT2D eigenvalue weighted by molar-refractivity contribution is 7.87. The van der Waals surface area contributed by atoms with Crippen LogP contribution in [0.2, 0.25) is 0 Å². The van der Waals surface area contributed by atoms with Crippen LogP contribution in [0.25, 0.3) is 0 Å². The van der Waals surface area contributed by atoms with Gasteiger partial charge in [0.2, 0.25) is 5.37 Å². The fourth-order valence-electron chi connectivity index (χ4n) is 6.29. The second kappa shape index (κ2) is 15.7. The summed E-state index contributed by atoms with van der Waals surface area (Å²) in [7, 11) is -4.14. The molecular formula is C28H53N4O7S+. The molecule has 0 aromatic carbocycles. The van der Waals surface area contributed by atoms with Crippen molar-refractivity contribution >= 4 is 22.1 Å². The first-order valence-electron chi connectivity index (χ1n) is 15.6. The second-order valence-corrected chi connectivity index (χ2v) is 13.3. The van der Waals surface area contributed by atoms with E-state index in [0.717, 1.165) is 63.2 Å². The molecule has 1 N–H and O–H groups in total. The molecule has 11 nitrogen and oxygen atoms in total. The van der Waals surface area contributed by atoms with E-state index < -0.39 is 33.6 Å². The Hall–Kier alpha value is -1.47. The van der Waals surface area contributed by atoms with Crippen LogP contribution in [0.5, 0.6) is 0 Å². The molecule has 12 heteroatoms. The van der Waals surface area contributed by atoms with Crippen LogP contribution in [0.15, 0.2) is 0 Å². The molecule has 0 saturated carbocycles. The van der Waals surface area contributed by atoms with Crippen LogP contribution in [0.3, 0.4) is 0 Å². The van der Waals surface area contributed by atoms with Crippen LogP contribution in [0, 0.1) is 0 Å². The molecule has 3 amide bonds. The highest BCUT2D eigenvalue weighted by Crippen LogP contribution is 2.34. The molecule has 0 aromatic heterocycles. The van der Waals surface area contributed by atoms with Gasteiger partial charge in [-0.05, 0) is 51.4 Å². The molecule has 3 fully saturated rings. The minimum atomic E-state index is -4.14. The number of hydroxylamine groups is 3. The van der Waals surface area contributed by atoms with Gasteiger partial charge in [0.05, 0.1) is 31.8 Å². The molecule has 2 bridgehead atoms. The van der Waals surface area contributed by atoms with Crippen LogP contribution < -0.4 is 5.48 Å². The highest BCUT2D eigenvalue weighted by atomic mass is 32.2. The Kier molecular flexibility index (Phi) is 12.9. The normalized spacial score (nSPS) is 23.1. The molecular weight excluding hydrogens is 536 g/mol. The molecule has 1 unspecified atom stereocenters. The fourth-order valence-corrected chi connectivity index (χ4v) is 8.19. The number of unbranched alkanes of at least 4 members (excludes halogenated alkanes) is 3. The van der Waals surface area contributed by atoms with Crippen molar-refractivity contribution in [3.63, 3.8) is 0 Å². The van der Waals surface area contributed by atoms with Crippen LogP contribution in [-0.2, 0) is 28.8 Å². The van der Waals surface area contributed by atoms with Gasteiger partial charge in [-0.25, -0.2) is 10.3 Å². The van der Waals surface area contributed by atoms with E-state index in [1.165, 1.54) is 4.90 Å². The van der Waals surface area contributed by atoms with E-state index in [9.17, 15) is 18.0 Å². The first-order chi connectivity index (χ1) is 19.2. The minimum Gasteiger partial charge on any atom is -0.381 e. The van der Waals surface area contributed by atoms with Crippen molar-refractivity contribution in [1.82, 2.24) is 15.4 Å². The Balaban J connectivity index is 1.76. The van der Waals surface area contributed by atoms with Crippen LogP contribution >= 0.6 is 0 Å². The highest BCUT2D eigenvalue weighted by Gasteiger charge is 2.52. The number of nitrogens with zero attached hydrogens (tertiary/aromatic N) is 3. The summed E-state index contributed by atoms with van der Waals surface area (Å²) in [6.45, 7) is 12.2. The molecule has 0 spiro atoms. The second-order valence-electron chi connectivity index (χ2n) is 11.7. The number of fused-ring (bicyclic) bond motifs is 2. The number of hydrogen-bond acceptors (Lipinski definition) is 7. The smallest absolute Gasteiger partial charge is 0.346 e. The molecule has 3 atom stereocenters. The molecule has 3 aliphatic rings. The van der Waals surface area contributed by atoms with Gasteiger partial charge in [0, 0.05) is 26.2 Å². The van der Waals surface area contributed by atoms with Gasteiger partial charge >= 0.3 is 16.1 Å². The van der Waals surface area contributed by atoms with Gasteiger partial charge in [0.25, 0.3) is 5.91 Å². The lowest BCUT2D eigenvalue weighted by atomic mass is 10.0. The zero-order chi connectivity index (χ0) is 29.2. The van der Waals surface area contributed by atoms with Crippen molar-refractivity contribution < 1.29 is 36.3 Å². The monoisotopic (exact) mass is 589 g/mol. The van der Waals surface area contributed by atoms with Gasteiger partial charge in [-0.15, -0.1) is 4.28 Å². The zero-order valence-corrected chi connectivity index (χ0v) is 26.0. The quantitative estimate of drug-likeness (QED) is 0.189. The summed E-state index contributed by atoms with van der Waals surface area (Å²) in [6, 6.07) is -1.70. The predicted molar refractivity (Wildman–Crippen MR) is 152 cm³/mol. The number of hydrogen-bond donors (Lipinski definition) is 1. The third-order valence-electron chi connectivity index (χ3n) is 8.65. The molecule has 3 heterocycles. The van der Waals surface area contributed by atoms with E-state index in [0.29, 0.717) is 56.2 Å². The number of piperidine rings is 1. The number of carbonyl (C=O) groups excluding carboxylic acids is 2. The summed E-state index contributed by atoms with van der Waals surface area (Å²) in [4.78, 5) is 33.4. The largest absolute Gasteiger partial charge is 0.381 e. The number of carbonyl (C=O) groups is 2. The number of rotatable bonds is 18. The number of quaternary nitrogens is 1. The summed E-state index contributed by atoms with van der Waals surface area (Å²) >= 11 is 0. The van der Waals surface area contributed by atoms with Crippen LogP contribution in [-0.4, -0.2) is 97.8 Å². The average Bonchev–Trinajstić information content (AvgIpc) is 3.19. The van der Waals surface area contributed by atoms with E-state index >= 15 is 0 Å². The summed E-state index contributed by atoms with van der Waals surface area (Å²) < 4.78 is 39.8.